The molecule has 1 aromatic carbocycles. The summed E-state index contributed by atoms with van der Waals surface area (Å²) in [7, 11) is -3.70. The zero-order valence-corrected chi connectivity index (χ0v) is 13.8. The van der Waals surface area contributed by atoms with Gasteiger partial charge >= 0.3 is 0 Å². The Balaban J connectivity index is 1.94. The molecule has 3 N–H and O–H groups in total. The lowest BCUT2D eigenvalue weighted by Gasteiger charge is -2.09. The van der Waals surface area contributed by atoms with Gasteiger partial charge in [-0.15, -0.1) is 0 Å². The molecule has 0 saturated heterocycles. The van der Waals surface area contributed by atoms with Crippen LogP contribution in [0.15, 0.2) is 35.2 Å². The van der Waals surface area contributed by atoms with Crippen LogP contribution in [0.2, 0.25) is 0 Å². The van der Waals surface area contributed by atoms with Crippen LogP contribution >= 0.6 is 0 Å². The number of rotatable bonds is 4. The second kappa shape index (κ2) is 5.54. The average Bonchev–Trinajstić information content (AvgIpc) is 3.05. The molecule has 23 heavy (non-hydrogen) atoms. The Morgan fingerprint density at radius 2 is 1.83 bits per heavy atom. The minimum absolute atomic E-state index is 0.179. The smallest absolute Gasteiger partial charge is 0.265 e. The maximum absolute atomic E-state index is 12.6. The van der Waals surface area contributed by atoms with Crippen LogP contribution in [0.4, 0.5) is 5.69 Å². The number of hydrogen-bond donors (Lipinski definition) is 3. The van der Waals surface area contributed by atoms with Gasteiger partial charge in [0.05, 0.1) is 17.1 Å². The van der Waals surface area contributed by atoms with Crippen molar-refractivity contribution in [2.24, 2.45) is 0 Å². The van der Waals surface area contributed by atoms with Crippen molar-refractivity contribution in [2.75, 3.05) is 4.72 Å². The zero-order valence-electron chi connectivity index (χ0n) is 13.0. The van der Waals surface area contributed by atoms with Gasteiger partial charge in [-0.2, -0.15) is 10.2 Å². The molecule has 120 valence electrons. The van der Waals surface area contributed by atoms with Gasteiger partial charge in [0, 0.05) is 16.9 Å². The largest absolute Gasteiger partial charge is 0.282 e. The maximum atomic E-state index is 12.6. The number of aryl methyl sites for hydroxylation is 3. The number of benzene rings is 1. The molecule has 2 aromatic heterocycles. The third kappa shape index (κ3) is 2.98. The Morgan fingerprint density at radius 3 is 2.43 bits per heavy atom. The van der Waals surface area contributed by atoms with E-state index in [2.05, 4.69) is 25.1 Å². The summed E-state index contributed by atoms with van der Waals surface area (Å²) in [6.07, 6.45) is 0. The molecule has 0 spiro atoms. The first-order valence-corrected chi connectivity index (χ1v) is 8.52. The molecule has 0 aliphatic carbocycles. The Morgan fingerprint density at radius 1 is 1.04 bits per heavy atom. The molecule has 0 fully saturated rings. The van der Waals surface area contributed by atoms with Crippen molar-refractivity contribution < 1.29 is 8.42 Å². The molecule has 0 unspecified atom stereocenters. The van der Waals surface area contributed by atoms with Crippen LogP contribution in [0.1, 0.15) is 17.1 Å². The van der Waals surface area contributed by atoms with Crippen molar-refractivity contribution in [1.29, 1.82) is 0 Å². The Labute approximate surface area is 134 Å². The van der Waals surface area contributed by atoms with Gasteiger partial charge in [0.15, 0.2) is 0 Å². The molecular formula is C15H17N5O2S. The summed E-state index contributed by atoms with van der Waals surface area (Å²) >= 11 is 0. The first kappa shape index (κ1) is 15.3. The Kier molecular flexibility index (Phi) is 3.69. The molecule has 8 heteroatoms. The SMILES string of the molecule is Cc1cc(-c2cccc(NS(=O)(=O)c3c(C)n[nH]c3C)c2)n[nH]1. The first-order chi connectivity index (χ1) is 10.9. The van der Waals surface area contributed by atoms with Gasteiger partial charge in [-0.25, -0.2) is 8.42 Å². The minimum Gasteiger partial charge on any atom is -0.282 e. The van der Waals surface area contributed by atoms with Crippen molar-refractivity contribution in [1.82, 2.24) is 20.4 Å². The lowest BCUT2D eigenvalue weighted by Crippen LogP contribution is -2.14. The molecule has 0 atom stereocenters. The number of sulfonamides is 1. The van der Waals surface area contributed by atoms with Gasteiger partial charge < -0.3 is 0 Å². The Bertz CT molecular complexity index is 936. The molecule has 3 rings (SSSR count). The van der Waals surface area contributed by atoms with Crippen molar-refractivity contribution in [3.63, 3.8) is 0 Å². The third-order valence-electron chi connectivity index (χ3n) is 3.45. The summed E-state index contributed by atoms with van der Waals surface area (Å²) in [5, 5.41) is 13.7. The van der Waals surface area contributed by atoms with Gasteiger partial charge in [-0.05, 0) is 39.0 Å². The molecule has 0 aliphatic heterocycles. The predicted octanol–water partition coefficient (Wildman–Crippen LogP) is 2.53. The minimum atomic E-state index is -3.70. The molecule has 0 saturated carbocycles. The maximum Gasteiger partial charge on any atom is 0.265 e. The number of H-pyrrole nitrogens is 2. The molecule has 0 radical (unpaired) electrons. The number of nitrogens with zero attached hydrogens (tertiary/aromatic N) is 2. The fraction of sp³-hybridized carbons (Fsp3) is 0.200. The lowest BCUT2D eigenvalue weighted by atomic mass is 10.1. The van der Waals surface area contributed by atoms with E-state index in [0.717, 1.165) is 17.0 Å². The summed E-state index contributed by atoms with van der Waals surface area (Å²) in [5.41, 5.74) is 3.95. The highest BCUT2D eigenvalue weighted by Crippen LogP contribution is 2.25. The number of nitrogens with one attached hydrogen (secondary N) is 3. The van der Waals surface area contributed by atoms with Crippen molar-refractivity contribution in [3.8, 4) is 11.3 Å². The quantitative estimate of drug-likeness (QED) is 0.683. The van der Waals surface area contributed by atoms with Crippen molar-refractivity contribution in [2.45, 2.75) is 25.7 Å². The first-order valence-electron chi connectivity index (χ1n) is 7.03. The van der Waals surface area contributed by atoms with E-state index in [9.17, 15) is 8.42 Å². The molecular weight excluding hydrogens is 314 g/mol. The zero-order chi connectivity index (χ0) is 16.6. The fourth-order valence-electron chi connectivity index (χ4n) is 2.45. The van der Waals surface area contributed by atoms with Crippen LogP contribution in [-0.4, -0.2) is 28.8 Å². The molecule has 7 nitrogen and oxygen atoms in total. The summed E-state index contributed by atoms with van der Waals surface area (Å²) in [4.78, 5) is 0.179. The molecule has 0 aliphatic rings. The number of aromatic nitrogens is 4. The lowest BCUT2D eigenvalue weighted by molar-refractivity contribution is 0.600. The monoisotopic (exact) mass is 331 g/mol. The normalized spacial score (nSPS) is 11.6. The third-order valence-corrected chi connectivity index (χ3v) is 5.09. The molecule has 0 bridgehead atoms. The highest BCUT2D eigenvalue weighted by molar-refractivity contribution is 7.92. The van der Waals surface area contributed by atoms with E-state index in [-0.39, 0.29) is 4.90 Å². The molecule has 2 heterocycles. The second-order valence-corrected chi connectivity index (χ2v) is 7.00. The number of hydrogen-bond acceptors (Lipinski definition) is 4. The Hall–Kier alpha value is -2.61. The average molecular weight is 331 g/mol. The van der Waals surface area contributed by atoms with E-state index in [4.69, 9.17) is 0 Å². The van der Waals surface area contributed by atoms with Crippen LogP contribution < -0.4 is 4.72 Å². The highest BCUT2D eigenvalue weighted by Gasteiger charge is 2.22. The highest BCUT2D eigenvalue weighted by atomic mass is 32.2. The summed E-state index contributed by atoms with van der Waals surface area (Å²) in [5.74, 6) is 0. The van der Waals surface area contributed by atoms with Crippen molar-refractivity contribution in [3.05, 3.63) is 47.4 Å². The van der Waals surface area contributed by atoms with Crippen LogP contribution in [0.25, 0.3) is 11.3 Å². The van der Waals surface area contributed by atoms with Gasteiger partial charge in [0.25, 0.3) is 10.0 Å². The van der Waals surface area contributed by atoms with Crippen molar-refractivity contribution >= 4 is 15.7 Å². The fourth-order valence-corrected chi connectivity index (χ4v) is 3.87. The molecule has 0 amide bonds. The van der Waals surface area contributed by atoms with Gasteiger partial charge in [-0.3, -0.25) is 14.9 Å². The number of anilines is 1. The molecule has 3 aromatic rings. The van der Waals surface area contributed by atoms with Gasteiger partial charge in [0.1, 0.15) is 4.90 Å². The van der Waals surface area contributed by atoms with Crippen LogP contribution in [0, 0.1) is 20.8 Å². The van der Waals surface area contributed by atoms with Crippen LogP contribution in [-0.2, 0) is 10.0 Å². The van der Waals surface area contributed by atoms with E-state index in [0.29, 0.717) is 17.1 Å². The topological polar surface area (TPSA) is 104 Å². The van der Waals surface area contributed by atoms with E-state index < -0.39 is 10.0 Å². The summed E-state index contributed by atoms with van der Waals surface area (Å²) in [6.45, 7) is 5.24. The van der Waals surface area contributed by atoms with Gasteiger partial charge in [-0.1, -0.05) is 12.1 Å². The van der Waals surface area contributed by atoms with Gasteiger partial charge in [0.2, 0.25) is 0 Å². The summed E-state index contributed by atoms with van der Waals surface area (Å²) < 4.78 is 27.7. The standard InChI is InChI=1S/C15H17N5O2S/c1-9-7-14(19-16-9)12-5-4-6-13(8-12)20-23(21,22)15-10(2)17-18-11(15)3/h4-8,20H,1-3H3,(H,16,19)(H,17,18). The van der Waals surface area contributed by atoms with Crippen LogP contribution in [0.3, 0.4) is 0 Å². The van der Waals surface area contributed by atoms with E-state index in [1.807, 2.05) is 19.1 Å². The van der Waals surface area contributed by atoms with Crippen LogP contribution in [0.5, 0.6) is 0 Å². The summed E-state index contributed by atoms with van der Waals surface area (Å²) in [6, 6.07) is 9.01. The predicted molar refractivity (Wildman–Crippen MR) is 87.6 cm³/mol. The number of aromatic amines is 2. The van der Waals surface area contributed by atoms with E-state index in [1.165, 1.54) is 0 Å². The van der Waals surface area contributed by atoms with E-state index in [1.54, 1.807) is 32.0 Å². The van der Waals surface area contributed by atoms with E-state index >= 15 is 0 Å². The second-order valence-electron chi connectivity index (χ2n) is 5.39.